The number of aromatic nitrogens is 2. The van der Waals surface area contributed by atoms with E-state index >= 15 is 0 Å². The fourth-order valence-electron chi connectivity index (χ4n) is 2.21. The van der Waals surface area contributed by atoms with Crippen molar-refractivity contribution in [2.45, 2.75) is 18.0 Å². The van der Waals surface area contributed by atoms with E-state index in [4.69, 9.17) is 10.6 Å². The summed E-state index contributed by atoms with van der Waals surface area (Å²) in [5.41, 5.74) is 2.58. The molecule has 19 heavy (non-hydrogen) atoms. The van der Waals surface area contributed by atoms with Gasteiger partial charge in [0.25, 0.3) is 0 Å². The smallest absolute Gasteiger partial charge is 0.191 e. The molecule has 0 saturated carbocycles. The lowest BCUT2D eigenvalue weighted by Gasteiger charge is -2.28. The van der Waals surface area contributed by atoms with Crippen molar-refractivity contribution in [3.8, 4) is 0 Å². The van der Waals surface area contributed by atoms with E-state index in [1.807, 2.05) is 19.4 Å². The van der Waals surface area contributed by atoms with Gasteiger partial charge in [-0.1, -0.05) is 11.8 Å². The number of hydrogen-bond acceptors (Lipinski definition) is 7. The van der Waals surface area contributed by atoms with Crippen molar-refractivity contribution in [1.29, 1.82) is 0 Å². The van der Waals surface area contributed by atoms with Crippen LogP contribution in [-0.4, -0.2) is 43.0 Å². The third-order valence-electron chi connectivity index (χ3n) is 3.20. The third-order valence-corrected chi connectivity index (χ3v) is 3.75. The number of ether oxygens (including phenoxy) is 1. The maximum Gasteiger partial charge on any atom is 0.191 e. The van der Waals surface area contributed by atoms with Crippen molar-refractivity contribution in [3.63, 3.8) is 0 Å². The second-order valence-electron chi connectivity index (χ2n) is 4.71. The van der Waals surface area contributed by atoms with E-state index in [0.717, 1.165) is 37.2 Å². The number of nitrogens with one attached hydrogen (secondary N) is 1. The fraction of sp³-hybridized carbons (Fsp3) is 0.667. The maximum atomic E-state index is 5.51. The topological polar surface area (TPSA) is 76.3 Å². The van der Waals surface area contributed by atoms with E-state index in [0.29, 0.717) is 11.7 Å². The first-order chi connectivity index (χ1) is 9.22. The first-order valence-electron chi connectivity index (χ1n) is 6.41. The highest BCUT2D eigenvalue weighted by atomic mass is 32.2. The van der Waals surface area contributed by atoms with Crippen LogP contribution in [0.4, 0.5) is 11.6 Å². The summed E-state index contributed by atoms with van der Waals surface area (Å²) in [5.74, 6) is 7.54. The van der Waals surface area contributed by atoms with Crippen molar-refractivity contribution in [1.82, 2.24) is 9.97 Å². The lowest BCUT2D eigenvalue weighted by molar-refractivity contribution is 0.0576. The van der Waals surface area contributed by atoms with Crippen LogP contribution in [0.25, 0.3) is 0 Å². The van der Waals surface area contributed by atoms with Gasteiger partial charge in [-0.2, -0.15) is 0 Å². The van der Waals surface area contributed by atoms with Gasteiger partial charge in [0.05, 0.1) is 6.61 Å². The molecule has 1 atom stereocenters. The van der Waals surface area contributed by atoms with Crippen LogP contribution in [0.15, 0.2) is 11.2 Å². The zero-order chi connectivity index (χ0) is 13.7. The second-order valence-corrected chi connectivity index (χ2v) is 5.48. The molecule has 0 aliphatic carbocycles. The number of nitrogens with zero attached hydrogens (tertiary/aromatic N) is 3. The number of thioether (sulfide) groups is 1. The molecule has 0 amide bonds. The van der Waals surface area contributed by atoms with Crippen LogP contribution in [0.2, 0.25) is 0 Å². The van der Waals surface area contributed by atoms with Gasteiger partial charge in [0, 0.05) is 26.3 Å². The van der Waals surface area contributed by atoms with Gasteiger partial charge in [0.1, 0.15) is 11.6 Å². The minimum atomic E-state index is 0.570. The zero-order valence-electron chi connectivity index (χ0n) is 11.4. The van der Waals surface area contributed by atoms with E-state index in [2.05, 4.69) is 20.3 Å². The number of rotatable bonds is 5. The van der Waals surface area contributed by atoms with Crippen LogP contribution in [0.5, 0.6) is 0 Å². The second kappa shape index (κ2) is 6.93. The Bertz CT molecular complexity index is 389. The predicted molar refractivity (Wildman–Crippen MR) is 78.4 cm³/mol. The predicted octanol–water partition coefficient (Wildman–Crippen LogP) is 1.35. The molecular weight excluding hydrogens is 262 g/mol. The Morgan fingerprint density at radius 2 is 2.42 bits per heavy atom. The SMILES string of the molecule is CSc1nc(NN)cc(N(C)CC2CCCOC2)n1. The Morgan fingerprint density at radius 3 is 3.05 bits per heavy atom. The normalized spacial score (nSPS) is 19.2. The third kappa shape index (κ3) is 3.95. The summed E-state index contributed by atoms with van der Waals surface area (Å²) in [4.78, 5) is 10.9. The summed E-state index contributed by atoms with van der Waals surface area (Å²) < 4.78 is 5.51. The minimum absolute atomic E-state index is 0.570. The molecule has 0 radical (unpaired) electrons. The molecule has 106 valence electrons. The minimum Gasteiger partial charge on any atom is -0.381 e. The van der Waals surface area contributed by atoms with E-state index in [1.165, 1.54) is 18.2 Å². The van der Waals surface area contributed by atoms with Gasteiger partial charge in [-0.15, -0.1) is 0 Å². The van der Waals surface area contributed by atoms with E-state index in [1.54, 1.807) is 0 Å². The molecule has 0 spiro atoms. The summed E-state index contributed by atoms with van der Waals surface area (Å²) in [7, 11) is 2.04. The molecule has 1 aliphatic rings. The quantitative estimate of drug-likeness (QED) is 0.365. The summed E-state index contributed by atoms with van der Waals surface area (Å²) in [6.07, 6.45) is 4.31. The Kier molecular flexibility index (Phi) is 5.24. The first-order valence-corrected chi connectivity index (χ1v) is 7.64. The molecule has 1 fully saturated rings. The van der Waals surface area contributed by atoms with Crippen LogP contribution in [0.1, 0.15) is 12.8 Å². The van der Waals surface area contributed by atoms with Crippen molar-refractivity contribution in [2.24, 2.45) is 11.8 Å². The van der Waals surface area contributed by atoms with Gasteiger partial charge >= 0.3 is 0 Å². The molecule has 1 unspecified atom stereocenters. The standard InChI is InChI=1S/C12H21N5OS/c1-17(7-9-4-3-5-18-8-9)11-6-10(16-13)14-12(15-11)19-2/h6,9H,3-5,7-8,13H2,1-2H3,(H,14,15,16). The fourth-order valence-corrected chi connectivity index (χ4v) is 2.58. The van der Waals surface area contributed by atoms with E-state index in [-0.39, 0.29) is 0 Å². The molecule has 3 N–H and O–H groups in total. The van der Waals surface area contributed by atoms with Crippen LogP contribution < -0.4 is 16.2 Å². The van der Waals surface area contributed by atoms with Gasteiger partial charge in [-0.05, 0) is 25.0 Å². The van der Waals surface area contributed by atoms with Gasteiger partial charge in [-0.3, -0.25) is 0 Å². The molecular formula is C12H21N5OS. The lowest BCUT2D eigenvalue weighted by atomic mass is 10.0. The highest BCUT2D eigenvalue weighted by Gasteiger charge is 2.17. The van der Waals surface area contributed by atoms with Gasteiger partial charge in [-0.25, -0.2) is 15.8 Å². The molecule has 7 heteroatoms. The van der Waals surface area contributed by atoms with Crippen LogP contribution >= 0.6 is 11.8 Å². The average Bonchev–Trinajstić information content (AvgIpc) is 2.47. The van der Waals surface area contributed by atoms with Gasteiger partial charge in [0.2, 0.25) is 0 Å². The Hall–Kier alpha value is -1.05. The summed E-state index contributed by atoms with van der Waals surface area (Å²) >= 11 is 1.51. The zero-order valence-corrected chi connectivity index (χ0v) is 12.2. The number of anilines is 2. The summed E-state index contributed by atoms with van der Waals surface area (Å²) in [6, 6.07) is 1.86. The molecule has 1 aromatic rings. The van der Waals surface area contributed by atoms with Crippen LogP contribution in [0, 0.1) is 5.92 Å². The van der Waals surface area contributed by atoms with E-state index < -0.39 is 0 Å². The van der Waals surface area contributed by atoms with Crippen LogP contribution in [0.3, 0.4) is 0 Å². The van der Waals surface area contributed by atoms with Crippen molar-refractivity contribution >= 4 is 23.4 Å². The number of nitrogen functional groups attached to an aromatic ring is 1. The largest absolute Gasteiger partial charge is 0.381 e. The monoisotopic (exact) mass is 283 g/mol. The molecule has 2 heterocycles. The molecule has 6 nitrogen and oxygen atoms in total. The molecule has 1 aliphatic heterocycles. The Morgan fingerprint density at radius 1 is 1.58 bits per heavy atom. The van der Waals surface area contributed by atoms with Gasteiger partial charge in [0.15, 0.2) is 5.16 Å². The van der Waals surface area contributed by atoms with E-state index in [9.17, 15) is 0 Å². The van der Waals surface area contributed by atoms with Crippen molar-refractivity contribution in [3.05, 3.63) is 6.07 Å². The van der Waals surface area contributed by atoms with Crippen LogP contribution in [-0.2, 0) is 4.74 Å². The van der Waals surface area contributed by atoms with Crippen molar-refractivity contribution < 1.29 is 4.74 Å². The Labute approximate surface area is 118 Å². The molecule has 0 bridgehead atoms. The number of hydrazine groups is 1. The summed E-state index contributed by atoms with van der Waals surface area (Å²) in [5, 5.41) is 0.720. The highest BCUT2D eigenvalue weighted by molar-refractivity contribution is 7.98. The lowest BCUT2D eigenvalue weighted by Crippen LogP contribution is -2.31. The van der Waals surface area contributed by atoms with Crippen molar-refractivity contribution in [2.75, 3.05) is 43.4 Å². The Balaban J connectivity index is 2.06. The number of nitrogens with two attached hydrogens (primary N) is 1. The number of hydrogen-bond donors (Lipinski definition) is 2. The molecule has 2 rings (SSSR count). The molecule has 1 aromatic heterocycles. The summed E-state index contributed by atoms with van der Waals surface area (Å²) in [6.45, 7) is 2.67. The molecule has 0 aromatic carbocycles. The molecule has 1 saturated heterocycles. The maximum absolute atomic E-state index is 5.51. The highest BCUT2D eigenvalue weighted by Crippen LogP contribution is 2.21. The average molecular weight is 283 g/mol. The first kappa shape index (κ1) is 14.4. The van der Waals surface area contributed by atoms with Gasteiger partial charge < -0.3 is 15.1 Å².